The number of amides is 1. The van der Waals surface area contributed by atoms with Crippen molar-refractivity contribution in [3.8, 4) is 0 Å². The normalized spacial score (nSPS) is 18.8. The lowest BCUT2D eigenvalue weighted by molar-refractivity contribution is -0.120. The molecular formula is C16H22N4O. The second-order valence-corrected chi connectivity index (χ2v) is 5.73. The van der Waals surface area contributed by atoms with Gasteiger partial charge in [-0.2, -0.15) is 0 Å². The summed E-state index contributed by atoms with van der Waals surface area (Å²) in [5.74, 6) is 0.761. The van der Waals surface area contributed by atoms with Gasteiger partial charge < -0.3 is 15.0 Å². The van der Waals surface area contributed by atoms with Gasteiger partial charge in [0.15, 0.2) is 0 Å². The Bertz CT molecular complexity index is 568. The number of nitrogens with one attached hydrogen (secondary N) is 2. The maximum absolute atomic E-state index is 12.0. The van der Waals surface area contributed by atoms with Crippen molar-refractivity contribution in [2.24, 2.45) is 5.92 Å². The first kappa shape index (κ1) is 14.1. The molecule has 0 aromatic carbocycles. The summed E-state index contributed by atoms with van der Waals surface area (Å²) in [5.41, 5.74) is 1.70. The largest absolute Gasteiger partial charge is 0.356 e. The fraction of sp³-hybridized carbons (Fsp3) is 0.500. The van der Waals surface area contributed by atoms with E-state index < -0.39 is 0 Å². The predicted molar refractivity (Wildman–Crippen MR) is 82.1 cm³/mol. The van der Waals surface area contributed by atoms with E-state index in [9.17, 15) is 4.79 Å². The molecule has 1 aliphatic heterocycles. The van der Waals surface area contributed by atoms with Crippen molar-refractivity contribution >= 4 is 11.6 Å². The van der Waals surface area contributed by atoms with E-state index in [0.29, 0.717) is 12.3 Å². The monoisotopic (exact) mass is 286 g/mol. The Morgan fingerprint density at radius 1 is 1.48 bits per heavy atom. The highest BCUT2D eigenvalue weighted by Gasteiger charge is 2.13. The van der Waals surface area contributed by atoms with Crippen LogP contribution in [0, 0.1) is 5.92 Å². The molecule has 112 valence electrons. The van der Waals surface area contributed by atoms with E-state index in [-0.39, 0.29) is 5.91 Å². The van der Waals surface area contributed by atoms with E-state index in [1.54, 1.807) is 0 Å². The van der Waals surface area contributed by atoms with Crippen molar-refractivity contribution in [1.29, 1.82) is 0 Å². The van der Waals surface area contributed by atoms with Crippen LogP contribution in [0.15, 0.2) is 30.6 Å². The van der Waals surface area contributed by atoms with E-state index in [0.717, 1.165) is 37.4 Å². The number of imidazole rings is 1. The fourth-order valence-electron chi connectivity index (χ4n) is 2.89. The van der Waals surface area contributed by atoms with Crippen LogP contribution in [0.25, 0.3) is 5.65 Å². The first-order valence-electron chi connectivity index (χ1n) is 7.71. The smallest absolute Gasteiger partial charge is 0.226 e. The van der Waals surface area contributed by atoms with Gasteiger partial charge >= 0.3 is 0 Å². The molecule has 1 saturated heterocycles. The predicted octanol–water partition coefficient (Wildman–Crippen LogP) is 1.38. The van der Waals surface area contributed by atoms with Crippen LogP contribution in [0.1, 0.15) is 25.0 Å². The molecule has 5 nitrogen and oxygen atoms in total. The van der Waals surface area contributed by atoms with Crippen LogP contribution in [0.3, 0.4) is 0 Å². The number of carbonyl (C=O) groups is 1. The van der Waals surface area contributed by atoms with E-state index in [1.807, 2.05) is 35.0 Å². The number of rotatable bonds is 5. The highest BCUT2D eigenvalue weighted by Crippen LogP contribution is 2.13. The molecule has 3 rings (SSSR count). The number of fused-ring (bicyclic) bond motifs is 1. The number of aromatic nitrogens is 2. The molecule has 2 aromatic heterocycles. The second kappa shape index (κ2) is 6.72. The van der Waals surface area contributed by atoms with Crippen LogP contribution < -0.4 is 10.6 Å². The molecule has 21 heavy (non-hydrogen) atoms. The van der Waals surface area contributed by atoms with Gasteiger partial charge in [0, 0.05) is 18.9 Å². The average molecular weight is 286 g/mol. The van der Waals surface area contributed by atoms with Gasteiger partial charge in [0.2, 0.25) is 5.91 Å². The van der Waals surface area contributed by atoms with E-state index in [4.69, 9.17) is 0 Å². The highest BCUT2D eigenvalue weighted by atomic mass is 16.1. The number of nitrogens with zero attached hydrogens (tertiary/aromatic N) is 2. The van der Waals surface area contributed by atoms with Gasteiger partial charge in [0.05, 0.1) is 12.1 Å². The minimum atomic E-state index is 0.0576. The minimum Gasteiger partial charge on any atom is -0.356 e. The highest BCUT2D eigenvalue weighted by molar-refractivity contribution is 5.78. The van der Waals surface area contributed by atoms with Crippen molar-refractivity contribution in [2.45, 2.75) is 25.7 Å². The number of piperidine rings is 1. The Morgan fingerprint density at radius 2 is 2.43 bits per heavy atom. The minimum absolute atomic E-state index is 0.0576. The zero-order valence-corrected chi connectivity index (χ0v) is 12.2. The zero-order valence-electron chi connectivity index (χ0n) is 12.2. The van der Waals surface area contributed by atoms with Crippen LogP contribution in [0.5, 0.6) is 0 Å². The first-order chi connectivity index (χ1) is 10.3. The molecule has 1 aliphatic rings. The summed E-state index contributed by atoms with van der Waals surface area (Å²) < 4.78 is 1.94. The molecule has 0 bridgehead atoms. The number of hydrogen-bond donors (Lipinski definition) is 2. The summed E-state index contributed by atoms with van der Waals surface area (Å²) >= 11 is 0. The van der Waals surface area contributed by atoms with E-state index in [2.05, 4.69) is 15.6 Å². The van der Waals surface area contributed by atoms with Crippen LogP contribution in [0.2, 0.25) is 0 Å². The molecule has 1 atom stereocenters. The van der Waals surface area contributed by atoms with Crippen molar-refractivity contribution in [2.75, 3.05) is 19.6 Å². The quantitative estimate of drug-likeness (QED) is 0.873. The van der Waals surface area contributed by atoms with Crippen LogP contribution in [0.4, 0.5) is 0 Å². The molecule has 0 spiro atoms. The third-order valence-corrected chi connectivity index (χ3v) is 4.03. The summed E-state index contributed by atoms with van der Waals surface area (Å²) in [5, 5.41) is 6.41. The van der Waals surface area contributed by atoms with Gasteiger partial charge in [0.25, 0.3) is 0 Å². The van der Waals surface area contributed by atoms with Gasteiger partial charge in [-0.3, -0.25) is 4.79 Å². The van der Waals surface area contributed by atoms with Crippen LogP contribution >= 0.6 is 0 Å². The molecule has 0 aliphatic carbocycles. The van der Waals surface area contributed by atoms with Crippen LogP contribution in [-0.4, -0.2) is 34.9 Å². The molecule has 0 saturated carbocycles. The maximum atomic E-state index is 12.0. The molecule has 0 radical (unpaired) electrons. The summed E-state index contributed by atoms with van der Waals surface area (Å²) in [6, 6.07) is 5.85. The molecule has 1 fully saturated rings. The average Bonchev–Trinajstić information content (AvgIpc) is 2.90. The van der Waals surface area contributed by atoms with Crippen molar-refractivity contribution in [3.63, 3.8) is 0 Å². The lowest BCUT2D eigenvalue weighted by Gasteiger charge is -2.22. The summed E-state index contributed by atoms with van der Waals surface area (Å²) in [7, 11) is 0. The van der Waals surface area contributed by atoms with E-state index in [1.165, 1.54) is 12.8 Å². The Balaban J connectivity index is 1.45. The molecule has 5 heteroatoms. The first-order valence-corrected chi connectivity index (χ1v) is 7.71. The Labute approximate surface area is 124 Å². The Hall–Kier alpha value is -1.88. The SMILES string of the molecule is O=C(Cc1cn2ccccc2n1)NCCC1CCCNC1. The van der Waals surface area contributed by atoms with Crippen molar-refractivity contribution in [1.82, 2.24) is 20.0 Å². The summed E-state index contributed by atoms with van der Waals surface area (Å²) in [6.45, 7) is 2.98. The number of carbonyl (C=O) groups excluding carboxylic acids is 1. The Morgan fingerprint density at radius 3 is 3.24 bits per heavy atom. The second-order valence-electron chi connectivity index (χ2n) is 5.73. The zero-order chi connectivity index (χ0) is 14.5. The lowest BCUT2D eigenvalue weighted by Crippen LogP contribution is -2.33. The van der Waals surface area contributed by atoms with Crippen molar-refractivity contribution < 1.29 is 4.79 Å². The third-order valence-electron chi connectivity index (χ3n) is 4.03. The summed E-state index contributed by atoms with van der Waals surface area (Å²) in [6.07, 6.45) is 7.80. The fourth-order valence-corrected chi connectivity index (χ4v) is 2.89. The van der Waals surface area contributed by atoms with E-state index >= 15 is 0 Å². The van der Waals surface area contributed by atoms with Gasteiger partial charge in [0.1, 0.15) is 5.65 Å². The number of pyridine rings is 1. The van der Waals surface area contributed by atoms with Crippen molar-refractivity contribution in [3.05, 3.63) is 36.3 Å². The van der Waals surface area contributed by atoms with Crippen LogP contribution in [-0.2, 0) is 11.2 Å². The molecule has 1 amide bonds. The third kappa shape index (κ3) is 3.82. The molecular weight excluding hydrogens is 264 g/mol. The standard InChI is InChI=1S/C16H22N4O/c21-16(18-8-6-13-4-3-7-17-11-13)10-14-12-20-9-2-1-5-15(20)19-14/h1-2,5,9,12-13,17H,3-4,6-8,10-11H2,(H,18,21). The number of hydrogen-bond acceptors (Lipinski definition) is 3. The topological polar surface area (TPSA) is 58.4 Å². The molecule has 2 aromatic rings. The van der Waals surface area contributed by atoms with Gasteiger partial charge in [-0.1, -0.05) is 6.07 Å². The lowest BCUT2D eigenvalue weighted by atomic mass is 9.96. The van der Waals surface area contributed by atoms with Gasteiger partial charge in [-0.15, -0.1) is 0 Å². The molecule has 2 N–H and O–H groups in total. The van der Waals surface area contributed by atoms with Gasteiger partial charge in [-0.25, -0.2) is 4.98 Å². The van der Waals surface area contributed by atoms with Gasteiger partial charge in [-0.05, 0) is 50.4 Å². The Kier molecular flexibility index (Phi) is 4.50. The molecule has 3 heterocycles. The summed E-state index contributed by atoms with van der Waals surface area (Å²) in [4.78, 5) is 16.4. The maximum Gasteiger partial charge on any atom is 0.226 e. The molecule has 1 unspecified atom stereocenters.